The van der Waals surface area contributed by atoms with Gasteiger partial charge in [0.1, 0.15) is 5.82 Å². The van der Waals surface area contributed by atoms with Crippen LogP contribution in [0.5, 0.6) is 0 Å². The molecular weight excluding hydrogens is 252 g/mol. The SMILES string of the molecule is CC(C)c1ncc(N(C)Cc2cccnc2)c(CO)n1. The number of pyridine rings is 1. The van der Waals surface area contributed by atoms with Gasteiger partial charge in [0.15, 0.2) is 0 Å². The Hall–Kier alpha value is -2.01. The highest BCUT2D eigenvalue weighted by molar-refractivity contribution is 5.48. The average molecular weight is 272 g/mol. The topological polar surface area (TPSA) is 62.1 Å². The lowest BCUT2D eigenvalue weighted by atomic mass is 10.2. The van der Waals surface area contributed by atoms with E-state index in [0.717, 1.165) is 17.1 Å². The minimum Gasteiger partial charge on any atom is -0.390 e. The van der Waals surface area contributed by atoms with Crippen LogP contribution in [0.15, 0.2) is 30.7 Å². The number of anilines is 1. The normalized spacial score (nSPS) is 10.8. The summed E-state index contributed by atoms with van der Waals surface area (Å²) in [5.74, 6) is 1.01. The van der Waals surface area contributed by atoms with Crippen molar-refractivity contribution in [2.24, 2.45) is 0 Å². The fourth-order valence-electron chi connectivity index (χ4n) is 1.99. The fourth-order valence-corrected chi connectivity index (χ4v) is 1.99. The van der Waals surface area contributed by atoms with Crippen LogP contribution in [0.2, 0.25) is 0 Å². The van der Waals surface area contributed by atoms with Crippen molar-refractivity contribution in [1.29, 1.82) is 0 Å². The Balaban J connectivity index is 2.23. The van der Waals surface area contributed by atoms with Crippen LogP contribution in [0.1, 0.15) is 36.8 Å². The summed E-state index contributed by atoms with van der Waals surface area (Å²) in [6, 6.07) is 3.93. The summed E-state index contributed by atoms with van der Waals surface area (Å²) in [5.41, 5.74) is 2.61. The highest BCUT2D eigenvalue weighted by Crippen LogP contribution is 2.21. The molecule has 1 N–H and O–H groups in total. The molecule has 0 atom stereocenters. The van der Waals surface area contributed by atoms with Crippen molar-refractivity contribution >= 4 is 5.69 Å². The van der Waals surface area contributed by atoms with Crippen molar-refractivity contribution in [3.8, 4) is 0 Å². The highest BCUT2D eigenvalue weighted by Gasteiger charge is 2.12. The maximum atomic E-state index is 9.51. The molecule has 0 spiro atoms. The highest BCUT2D eigenvalue weighted by atomic mass is 16.3. The van der Waals surface area contributed by atoms with E-state index in [2.05, 4.69) is 15.0 Å². The number of rotatable bonds is 5. The monoisotopic (exact) mass is 272 g/mol. The van der Waals surface area contributed by atoms with Gasteiger partial charge in [-0.1, -0.05) is 19.9 Å². The van der Waals surface area contributed by atoms with Crippen molar-refractivity contribution in [3.05, 3.63) is 47.8 Å². The summed E-state index contributed by atoms with van der Waals surface area (Å²) in [5, 5.41) is 9.51. The van der Waals surface area contributed by atoms with Gasteiger partial charge >= 0.3 is 0 Å². The number of aliphatic hydroxyl groups is 1. The summed E-state index contributed by atoms with van der Waals surface area (Å²) < 4.78 is 0. The Morgan fingerprint density at radius 1 is 1.30 bits per heavy atom. The van der Waals surface area contributed by atoms with Gasteiger partial charge in [0.05, 0.1) is 24.2 Å². The van der Waals surface area contributed by atoms with Gasteiger partial charge in [-0.2, -0.15) is 0 Å². The van der Waals surface area contributed by atoms with E-state index in [1.807, 2.05) is 44.1 Å². The molecule has 106 valence electrons. The molecule has 0 aliphatic heterocycles. The maximum absolute atomic E-state index is 9.51. The summed E-state index contributed by atoms with van der Waals surface area (Å²) >= 11 is 0. The van der Waals surface area contributed by atoms with E-state index in [4.69, 9.17) is 0 Å². The molecule has 0 aromatic carbocycles. The molecule has 5 heteroatoms. The summed E-state index contributed by atoms with van der Waals surface area (Å²) in [7, 11) is 1.96. The summed E-state index contributed by atoms with van der Waals surface area (Å²) in [6.45, 7) is 4.69. The number of nitrogens with zero attached hydrogens (tertiary/aromatic N) is 4. The number of aromatic nitrogens is 3. The molecule has 5 nitrogen and oxygen atoms in total. The third-order valence-corrected chi connectivity index (χ3v) is 3.08. The second kappa shape index (κ2) is 6.43. The standard InChI is InChI=1S/C15H20N4O/c1-11(2)15-17-8-14(13(10-20)18-15)19(3)9-12-5-4-6-16-7-12/h4-8,11,20H,9-10H2,1-3H3. The Bertz CT molecular complexity index is 557. The van der Waals surface area contributed by atoms with Gasteiger partial charge in [-0.3, -0.25) is 4.98 Å². The summed E-state index contributed by atoms with van der Waals surface area (Å²) in [4.78, 5) is 14.9. The van der Waals surface area contributed by atoms with E-state index < -0.39 is 0 Å². The third-order valence-electron chi connectivity index (χ3n) is 3.08. The Morgan fingerprint density at radius 3 is 2.70 bits per heavy atom. The van der Waals surface area contributed by atoms with Crippen LogP contribution in [0.3, 0.4) is 0 Å². The molecular formula is C15H20N4O. The van der Waals surface area contributed by atoms with Crippen LogP contribution in [0.25, 0.3) is 0 Å². The van der Waals surface area contributed by atoms with Gasteiger partial charge in [-0.05, 0) is 11.6 Å². The zero-order valence-electron chi connectivity index (χ0n) is 12.1. The second-order valence-electron chi connectivity index (χ2n) is 5.09. The Morgan fingerprint density at radius 2 is 2.10 bits per heavy atom. The number of hydrogen-bond acceptors (Lipinski definition) is 5. The molecule has 0 amide bonds. The first-order valence-corrected chi connectivity index (χ1v) is 6.68. The first-order chi connectivity index (χ1) is 9.61. The van der Waals surface area contributed by atoms with Crippen molar-refractivity contribution < 1.29 is 5.11 Å². The van der Waals surface area contributed by atoms with Gasteiger partial charge in [0.25, 0.3) is 0 Å². The molecule has 2 aromatic heterocycles. The Kier molecular flexibility index (Phi) is 4.63. The first kappa shape index (κ1) is 14.4. The minimum atomic E-state index is -0.0883. The molecule has 0 aliphatic carbocycles. The molecule has 0 saturated heterocycles. The van der Waals surface area contributed by atoms with Gasteiger partial charge in [-0.15, -0.1) is 0 Å². The van der Waals surface area contributed by atoms with Crippen molar-refractivity contribution in [1.82, 2.24) is 15.0 Å². The van der Waals surface area contributed by atoms with Crippen molar-refractivity contribution in [2.45, 2.75) is 32.9 Å². The van der Waals surface area contributed by atoms with Gasteiger partial charge < -0.3 is 10.0 Å². The summed E-state index contributed by atoms with van der Waals surface area (Å²) in [6.07, 6.45) is 5.37. The van der Waals surface area contributed by atoms with Gasteiger partial charge in [-0.25, -0.2) is 9.97 Å². The first-order valence-electron chi connectivity index (χ1n) is 6.68. The molecule has 20 heavy (non-hydrogen) atoms. The lowest BCUT2D eigenvalue weighted by molar-refractivity contribution is 0.276. The van der Waals surface area contributed by atoms with E-state index >= 15 is 0 Å². The molecule has 2 aromatic rings. The van der Waals surface area contributed by atoms with Crippen LogP contribution in [0, 0.1) is 0 Å². The lowest BCUT2D eigenvalue weighted by Gasteiger charge is -2.21. The average Bonchev–Trinajstić information content (AvgIpc) is 2.47. The fraction of sp³-hybridized carbons (Fsp3) is 0.400. The van der Waals surface area contributed by atoms with Crippen LogP contribution < -0.4 is 4.90 Å². The maximum Gasteiger partial charge on any atom is 0.131 e. The van der Waals surface area contributed by atoms with Gasteiger partial charge in [0.2, 0.25) is 0 Å². The second-order valence-corrected chi connectivity index (χ2v) is 5.09. The smallest absolute Gasteiger partial charge is 0.131 e. The van der Waals surface area contributed by atoms with Crippen LogP contribution in [-0.4, -0.2) is 27.1 Å². The number of aliphatic hydroxyl groups excluding tert-OH is 1. The molecule has 0 aliphatic rings. The van der Waals surface area contributed by atoms with E-state index in [1.165, 1.54) is 0 Å². The number of hydrogen-bond donors (Lipinski definition) is 1. The minimum absolute atomic E-state index is 0.0883. The molecule has 0 bridgehead atoms. The Labute approximate surface area is 119 Å². The zero-order chi connectivity index (χ0) is 14.5. The van der Waals surface area contributed by atoms with Crippen molar-refractivity contribution in [2.75, 3.05) is 11.9 Å². The predicted molar refractivity (Wildman–Crippen MR) is 78.4 cm³/mol. The van der Waals surface area contributed by atoms with Crippen LogP contribution in [0.4, 0.5) is 5.69 Å². The van der Waals surface area contributed by atoms with Crippen molar-refractivity contribution in [3.63, 3.8) is 0 Å². The molecule has 0 fully saturated rings. The molecule has 2 heterocycles. The van der Waals surface area contributed by atoms with E-state index in [1.54, 1.807) is 12.4 Å². The van der Waals surface area contributed by atoms with Crippen LogP contribution in [-0.2, 0) is 13.2 Å². The largest absolute Gasteiger partial charge is 0.390 e. The molecule has 0 unspecified atom stereocenters. The molecule has 2 rings (SSSR count). The predicted octanol–water partition coefficient (Wildman–Crippen LogP) is 2.12. The molecule has 0 saturated carbocycles. The van der Waals surface area contributed by atoms with E-state index in [-0.39, 0.29) is 12.5 Å². The third kappa shape index (κ3) is 3.30. The zero-order valence-corrected chi connectivity index (χ0v) is 12.1. The quantitative estimate of drug-likeness (QED) is 0.903. The van der Waals surface area contributed by atoms with E-state index in [0.29, 0.717) is 12.2 Å². The van der Waals surface area contributed by atoms with Gasteiger partial charge in [0, 0.05) is 31.9 Å². The van der Waals surface area contributed by atoms with Crippen LogP contribution >= 0.6 is 0 Å². The molecule has 0 radical (unpaired) electrons. The van der Waals surface area contributed by atoms with E-state index in [9.17, 15) is 5.11 Å². The lowest BCUT2D eigenvalue weighted by Crippen LogP contribution is -2.20.